The molecule has 2 aromatic heterocycles. The Bertz CT molecular complexity index is 556. The van der Waals surface area contributed by atoms with Gasteiger partial charge in [-0.25, -0.2) is 18.7 Å². The SMILES string of the molecule is CCc1cnc(CNc2nc(N)c(F)cc2F)s1. The lowest BCUT2D eigenvalue weighted by Gasteiger charge is -2.06. The molecule has 18 heavy (non-hydrogen) atoms. The molecule has 0 radical (unpaired) electrons. The molecule has 0 aromatic carbocycles. The molecule has 3 N–H and O–H groups in total. The van der Waals surface area contributed by atoms with Gasteiger partial charge >= 0.3 is 0 Å². The van der Waals surface area contributed by atoms with Gasteiger partial charge in [0.1, 0.15) is 5.01 Å². The first-order valence-corrected chi connectivity index (χ1v) is 6.20. The molecule has 0 spiro atoms. The number of halogens is 2. The van der Waals surface area contributed by atoms with Gasteiger partial charge < -0.3 is 11.1 Å². The predicted octanol–water partition coefficient (Wildman–Crippen LogP) is 2.57. The smallest absolute Gasteiger partial charge is 0.168 e. The molecule has 0 aliphatic rings. The second kappa shape index (κ2) is 5.26. The number of nitrogens with one attached hydrogen (secondary N) is 1. The minimum atomic E-state index is -0.861. The molecule has 2 heterocycles. The first-order chi connectivity index (χ1) is 8.60. The van der Waals surface area contributed by atoms with Gasteiger partial charge in [0.25, 0.3) is 0 Å². The lowest BCUT2D eigenvalue weighted by Crippen LogP contribution is -2.06. The van der Waals surface area contributed by atoms with Gasteiger partial charge in [-0.15, -0.1) is 11.3 Å². The highest BCUT2D eigenvalue weighted by Gasteiger charge is 2.10. The van der Waals surface area contributed by atoms with Crippen molar-refractivity contribution in [3.63, 3.8) is 0 Å². The van der Waals surface area contributed by atoms with Crippen LogP contribution in [0.2, 0.25) is 0 Å². The van der Waals surface area contributed by atoms with Gasteiger partial charge in [-0.05, 0) is 6.42 Å². The highest BCUT2D eigenvalue weighted by molar-refractivity contribution is 7.11. The molecule has 0 unspecified atom stereocenters. The molecule has 0 atom stereocenters. The molecular weight excluding hydrogens is 258 g/mol. The molecule has 4 nitrogen and oxygen atoms in total. The number of thiazole rings is 1. The number of nitrogens with two attached hydrogens (primary N) is 1. The zero-order valence-electron chi connectivity index (χ0n) is 9.70. The number of aromatic nitrogens is 2. The third kappa shape index (κ3) is 2.73. The minimum absolute atomic E-state index is 0.0675. The molecule has 0 bridgehead atoms. The van der Waals surface area contributed by atoms with Crippen molar-refractivity contribution >= 4 is 23.0 Å². The summed E-state index contributed by atoms with van der Waals surface area (Å²) in [6, 6.07) is 0.712. The normalized spacial score (nSPS) is 10.6. The predicted molar refractivity (Wildman–Crippen MR) is 67.4 cm³/mol. The van der Waals surface area contributed by atoms with Crippen LogP contribution in [0.25, 0.3) is 0 Å². The van der Waals surface area contributed by atoms with Crippen LogP contribution in [0.1, 0.15) is 16.8 Å². The Hall–Kier alpha value is -1.76. The van der Waals surface area contributed by atoms with Crippen LogP contribution in [0.4, 0.5) is 20.4 Å². The summed E-state index contributed by atoms with van der Waals surface area (Å²) in [5, 5.41) is 3.57. The summed E-state index contributed by atoms with van der Waals surface area (Å²) in [5.41, 5.74) is 5.28. The van der Waals surface area contributed by atoms with Crippen LogP contribution in [0, 0.1) is 11.6 Å². The van der Waals surface area contributed by atoms with Crippen LogP contribution in [0.15, 0.2) is 12.3 Å². The van der Waals surface area contributed by atoms with Crippen LogP contribution >= 0.6 is 11.3 Å². The maximum absolute atomic E-state index is 13.4. The van der Waals surface area contributed by atoms with E-state index < -0.39 is 11.6 Å². The summed E-state index contributed by atoms with van der Waals surface area (Å²) in [5.74, 6) is -2.02. The largest absolute Gasteiger partial charge is 0.381 e. The van der Waals surface area contributed by atoms with Crippen molar-refractivity contribution in [1.29, 1.82) is 0 Å². The fraction of sp³-hybridized carbons (Fsp3) is 0.273. The second-order valence-electron chi connectivity index (χ2n) is 3.61. The summed E-state index contributed by atoms with van der Waals surface area (Å²) in [7, 11) is 0. The lowest BCUT2D eigenvalue weighted by atomic mass is 10.4. The fourth-order valence-corrected chi connectivity index (χ4v) is 2.16. The topological polar surface area (TPSA) is 63.8 Å². The summed E-state index contributed by atoms with van der Waals surface area (Å²) in [4.78, 5) is 8.93. The Morgan fingerprint density at radius 3 is 2.83 bits per heavy atom. The maximum Gasteiger partial charge on any atom is 0.168 e. The van der Waals surface area contributed by atoms with Crippen molar-refractivity contribution in [3.05, 3.63) is 33.8 Å². The van der Waals surface area contributed by atoms with Crippen molar-refractivity contribution in [3.8, 4) is 0 Å². The van der Waals surface area contributed by atoms with Crippen molar-refractivity contribution in [2.75, 3.05) is 11.1 Å². The zero-order valence-corrected chi connectivity index (χ0v) is 10.5. The highest BCUT2D eigenvalue weighted by Crippen LogP contribution is 2.19. The van der Waals surface area contributed by atoms with Gasteiger partial charge in [0.2, 0.25) is 0 Å². The number of rotatable bonds is 4. The van der Waals surface area contributed by atoms with E-state index in [9.17, 15) is 8.78 Å². The minimum Gasteiger partial charge on any atom is -0.381 e. The van der Waals surface area contributed by atoms with E-state index in [1.165, 1.54) is 11.3 Å². The molecule has 96 valence electrons. The monoisotopic (exact) mass is 270 g/mol. The second-order valence-corrected chi connectivity index (χ2v) is 4.81. The van der Waals surface area contributed by atoms with Gasteiger partial charge in [-0.2, -0.15) is 0 Å². The van der Waals surface area contributed by atoms with E-state index in [1.54, 1.807) is 6.20 Å². The molecule has 0 aliphatic heterocycles. The van der Waals surface area contributed by atoms with Crippen LogP contribution in [-0.2, 0) is 13.0 Å². The standard InChI is InChI=1S/C11H12F2N4S/c1-2-6-4-15-9(18-6)5-16-11-8(13)3-7(12)10(14)17-11/h3-4H,2,5H2,1H3,(H3,14,16,17). The first-order valence-electron chi connectivity index (χ1n) is 5.39. The van der Waals surface area contributed by atoms with Gasteiger partial charge in [0.05, 0.1) is 6.54 Å². The summed E-state index contributed by atoms with van der Waals surface area (Å²) in [6.45, 7) is 2.37. The maximum atomic E-state index is 13.4. The molecule has 0 aliphatic carbocycles. The summed E-state index contributed by atoms with van der Waals surface area (Å²) in [6.07, 6.45) is 2.69. The van der Waals surface area contributed by atoms with E-state index in [4.69, 9.17) is 5.73 Å². The fourth-order valence-electron chi connectivity index (χ4n) is 1.36. The Kier molecular flexibility index (Phi) is 3.71. The average molecular weight is 270 g/mol. The van der Waals surface area contributed by atoms with E-state index in [0.717, 1.165) is 16.3 Å². The number of nitrogen functional groups attached to an aromatic ring is 1. The van der Waals surface area contributed by atoms with Crippen LogP contribution in [-0.4, -0.2) is 9.97 Å². The molecule has 0 saturated carbocycles. The first kappa shape index (κ1) is 12.7. The Labute approximate surface area is 107 Å². The van der Waals surface area contributed by atoms with Crippen molar-refractivity contribution in [2.24, 2.45) is 0 Å². The Morgan fingerprint density at radius 2 is 2.17 bits per heavy atom. The molecule has 0 fully saturated rings. The molecule has 0 amide bonds. The highest BCUT2D eigenvalue weighted by atomic mass is 32.1. The lowest BCUT2D eigenvalue weighted by molar-refractivity contribution is 0.579. The third-order valence-corrected chi connectivity index (χ3v) is 3.46. The van der Waals surface area contributed by atoms with Crippen LogP contribution in [0.3, 0.4) is 0 Å². The number of pyridine rings is 1. The van der Waals surface area contributed by atoms with Crippen molar-refractivity contribution < 1.29 is 8.78 Å². The Balaban J connectivity index is 2.08. The van der Waals surface area contributed by atoms with Crippen LogP contribution < -0.4 is 11.1 Å². The van der Waals surface area contributed by atoms with E-state index in [0.29, 0.717) is 12.6 Å². The quantitative estimate of drug-likeness (QED) is 0.896. The number of hydrogen-bond acceptors (Lipinski definition) is 5. The number of nitrogens with zero attached hydrogens (tertiary/aromatic N) is 2. The Morgan fingerprint density at radius 1 is 1.39 bits per heavy atom. The van der Waals surface area contributed by atoms with Crippen molar-refractivity contribution in [1.82, 2.24) is 9.97 Å². The number of hydrogen-bond donors (Lipinski definition) is 2. The third-order valence-electron chi connectivity index (χ3n) is 2.31. The van der Waals surface area contributed by atoms with Crippen molar-refractivity contribution in [2.45, 2.75) is 19.9 Å². The molecule has 0 saturated heterocycles. The van der Waals surface area contributed by atoms with Gasteiger partial charge in [0, 0.05) is 17.1 Å². The molecule has 2 rings (SSSR count). The molecule has 7 heteroatoms. The van der Waals surface area contributed by atoms with Gasteiger partial charge in [-0.3, -0.25) is 0 Å². The molecular formula is C11H12F2N4S. The number of aryl methyl sites for hydroxylation is 1. The van der Waals surface area contributed by atoms with E-state index >= 15 is 0 Å². The average Bonchev–Trinajstić information content (AvgIpc) is 2.80. The van der Waals surface area contributed by atoms with Gasteiger partial charge in [0.15, 0.2) is 23.3 Å². The molecule has 2 aromatic rings. The number of anilines is 2. The van der Waals surface area contributed by atoms with E-state index in [-0.39, 0.29) is 11.6 Å². The summed E-state index contributed by atoms with van der Waals surface area (Å²) < 4.78 is 26.3. The van der Waals surface area contributed by atoms with E-state index in [1.807, 2.05) is 6.92 Å². The van der Waals surface area contributed by atoms with Crippen LogP contribution in [0.5, 0.6) is 0 Å². The summed E-state index contributed by atoms with van der Waals surface area (Å²) >= 11 is 1.54. The van der Waals surface area contributed by atoms with Gasteiger partial charge in [-0.1, -0.05) is 6.92 Å². The van der Waals surface area contributed by atoms with E-state index in [2.05, 4.69) is 15.3 Å². The zero-order chi connectivity index (χ0) is 13.1.